The number of nitrogens with zero attached hydrogens (tertiary/aromatic N) is 2. The van der Waals surface area contributed by atoms with Crippen molar-refractivity contribution in [1.82, 2.24) is 9.80 Å². The summed E-state index contributed by atoms with van der Waals surface area (Å²) in [5, 5.41) is 9.19. The predicted molar refractivity (Wildman–Crippen MR) is 67.3 cm³/mol. The van der Waals surface area contributed by atoms with E-state index in [9.17, 15) is 14.7 Å². The van der Waals surface area contributed by atoms with Gasteiger partial charge in [0.2, 0.25) is 0 Å². The van der Waals surface area contributed by atoms with E-state index in [0.717, 1.165) is 38.8 Å². The molecule has 102 valence electrons. The molecule has 2 saturated heterocycles. The van der Waals surface area contributed by atoms with Crippen LogP contribution in [0.4, 0.5) is 4.79 Å². The summed E-state index contributed by atoms with van der Waals surface area (Å²) in [5.41, 5.74) is 0. The largest absolute Gasteiger partial charge is 0.480 e. The molecule has 2 fully saturated rings. The van der Waals surface area contributed by atoms with Gasteiger partial charge in [-0.3, -0.25) is 0 Å². The van der Waals surface area contributed by atoms with E-state index < -0.39 is 12.0 Å². The first-order chi connectivity index (χ1) is 8.63. The fraction of sp³-hybridized carbons (Fsp3) is 0.846. The molecule has 5 heteroatoms. The Morgan fingerprint density at radius 2 is 2.00 bits per heavy atom. The maximum Gasteiger partial charge on any atom is 0.326 e. The zero-order valence-corrected chi connectivity index (χ0v) is 11.0. The SMILES string of the molecule is CCC1CCN(C(=O)N2CCCCC2C(=O)O)C1. The van der Waals surface area contributed by atoms with Crippen molar-refractivity contribution >= 4 is 12.0 Å². The summed E-state index contributed by atoms with van der Waals surface area (Å²) in [5.74, 6) is -0.281. The maximum absolute atomic E-state index is 12.4. The van der Waals surface area contributed by atoms with Crippen molar-refractivity contribution in [2.45, 2.75) is 45.1 Å². The number of carboxylic acids is 1. The van der Waals surface area contributed by atoms with Gasteiger partial charge in [0.15, 0.2) is 0 Å². The number of carbonyl (C=O) groups excluding carboxylic acids is 1. The minimum Gasteiger partial charge on any atom is -0.480 e. The number of hydrogen-bond donors (Lipinski definition) is 1. The summed E-state index contributed by atoms with van der Waals surface area (Å²) >= 11 is 0. The third kappa shape index (κ3) is 2.60. The monoisotopic (exact) mass is 254 g/mol. The lowest BCUT2D eigenvalue weighted by molar-refractivity contribution is -0.143. The summed E-state index contributed by atoms with van der Waals surface area (Å²) in [6.07, 6.45) is 4.55. The van der Waals surface area contributed by atoms with Crippen LogP contribution in [0.15, 0.2) is 0 Å². The molecule has 2 aliphatic rings. The van der Waals surface area contributed by atoms with Crippen LogP contribution in [0.5, 0.6) is 0 Å². The average Bonchev–Trinajstić information content (AvgIpc) is 2.86. The van der Waals surface area contributed by atoms with Gasteiger partial charge in [0, 0.05) is 19.6 Å². The first kappa shape index (κ1) is 13.2. The van der Waals surface area contributed by atoms with Crippen LogP contribution in [-0.4, -0.2) is 52.6 Å². The van der Waals surface area contributed by atoms with Crippen molar-refractivity contribution in [1.29, 1.82) is 0 Å². The Labute approximate surface area is 108 Å². The molecule has 0 bridgehead atoms. The molecular weight excluding hydrogens is 232 g/mol. The number of carboxylic acid groups (broad SMARTS) is 1. The lowest BCUT2D eigenvalue weighted by atomic mass is 10.0. The second kappa shape index (κ2) is 5.59. The number of likely N-dealkylation sites (tertiary alicyclic amines) is 2. The van der Waals surface area contributed by atoms with Crippen LogP contribution in [0.1, 0.15) is 39.0 Å². The lowest BCUT2D eigenvalue weighted by Gasteiger charge is -2.35. The molecule has 1 N–H and O–H groups in total. The van der Waals surface area contributed by atoms with Crippen LogP contribution in [0, 0.1) is 5.92 Å². The molecule has 2 aliphatic heterocycles. The lowest BCUT2D eigenvalue weighted by Crippen LogP contribution is -2.52. The number of amides is 2. The molecule has 0 saturated carbocycles. The van der Waals surface area contributed by atoms with Gasteiger partial charge >= 0.3 is 12.0 Å². The van der Waals surface area contributed by atoms with Crippen LogP contribution in [-0.2, 0) is 4.79 Å². The van der Waals surface area contributed by atoms with Crippen LogP contribution in [0.2, 0.25) is 0 Å². The molecule has 0 aliphatic carbocycles. The highest BCUT2D eigenvalue weighted by atomic mass is 16.4. The third-order valence-electron chi connectivity index (χ3n) is 4.17. The molecule has 18 heavy (non-hydrogen) atoms. The summed E-state index contributed by atoms with van der Waals surface area (Å²) in [6.45, 7) is 4.29. The Morgan fingerprint density at radius 1 is 1.22 bits per heavy atom. The third-order valence-corrected chi connectivity index (χ3v) is 4.17. The summed E-state index contributed by atoms with van der Waals surface area (Å²) in [7, 11) is 0. The number of carbonyl (C=O) groups is 2. The van der Waals surface area contributed by atoms with Crippen molar-refractivity contribution in [2.24, 2.45) is 5.92 Å². The van der Waals surface area contributed by atoms with Gasteiger partial charge in [-0.05, 0) is 31.6 Å². The van der Waals surface area contributed by atoms with Crippen molar-refractivity contribution in [3.63, 3.8) is 0 Å². The second-order valence-electron chi connectivity index (χ2n) is 5.33. The highest BCUT2D eigenvalue weighted by Crippen LogP contribution is 2.24. The Hall–Kier alpha value is -1.26. The van der Waals surface area contributed by atoms with E-state index in [0.29, 0.717) is 18.9 Å². The standard InChI is InChI=1S/C13H22N2O3/c1-2-10-6-8-14(9-10)13(18)15-7-4-3-5-11(15)12(16)17/h10-11H,2-9H2,1H3,(H,16,17). The van der Waals surface area contributed by atoms with Crippen molar-refractivity contribution in [2.75, 3.05) is 19.6 Å². The molecule has 0 aromatic carbocycles. The maximum atomic E-state index is 12.4. The second-order valence-corrected chi connectivity index (χ2v) is 5.33. The van der Waals surface area contributed by atoms with Crippen molar-refractivity contribution < 1.29 is 14.7 Å². The molecule has 0 aromatic rings. The van der Waals surface area contributed by atoms with E-state index in [2.05, 4.69) is 6.92 Å². The highest BCUT2D eigenvalue weighted by Gasteiger charge is 2.36. The Balaban J connectivity index is 2.00. The normalized spacial score (nSPS) is 28.5. The molecule has 5 nitrogen and oxygen atoms in total. The van der Waals surface area contributed by atoms with Crippen LogP contribution >= 0.6 is 0 Å². The topological polar surface area (TPSA) is 60.9 Å². The molecular formula is C13H22N2O3. The summed E-state index contributed by atoms with van der Waals surface area (Å²) in [6, 6.07) is -0.690. The van der Waals surface area contributed by atoms with Crippen molar-refractivity contribution in [3.8, 4) is 0 Å². The van der Waals surface area contributed by atoms with E-state index in [4.69, 9.17) is 0 Å². The molecule has 2 heterocycles. The summed E-state index contributed by atoms with van der Waals surface area (Å²) in [4.78, 5) is 26.9. The molecule has 0 radical (unpaired) electrons. The molecule has 2 amide bonds. The Bertz CT molecular complexity index is 332. The minimum absolute atomic E-state index is 0.0712. The zero-order chi connectivity index (χ0) is 13.1. The van der Waals surface area contributed by atoms with Gasteiger partial charge < -0.3 is 14.9 Å². The van der Waals surface area contributed by atoms with Crippen LogP contribution < -0.4 is 0 Å². The average molecular weight is 254 g/mol. The van der Waals surface area contributed by atoms with Gasteiger partial charge in [0.1, 0.15) is 6.04 Å². The Kier molecular flexibility index (Phi) is 4.09. The van der Waals surface area contributed by atoms with Gasteiger partial charge in [-0.25, -0.2) is 9.59 Å². The van der Waals surface area contributed by atoms with Crippen molar-refractivity contribution in [3.05, 3.63) is 0 Å². The zero-order valence-electron chi connectivity index (χ0n) is 11.0. The van der Waals surface area contributed by atoms with Gasteiger partial charge in [0.25, 0.3) is 0 Å². The molecule has 2 atom stereocenters. The number of urea groups is 1. The number of hydrogen-bond acceptors (Lipinski definition) is 2. The summed E-state index contributed by atoms with van der Waals surface area (Å²) < 4.78 is 0. The number of piperidine rings is 1. The molecule has 0 aromatic heterocycles. The van der Waals surface area contributed by atoms with E-state index in [1.807, 2.05) is 4.90 Å². The van der Waals surface area contributed by atoms with Gasteiger partial charge in [-0.2, -0.15) is 0 Å². The van der Waals surface area contributed by atoms with E-state index in [-0.39, 0.29) is 6.03 Å². The quantitative estimate of drug-likeness (QED) is 0.817. The molecule has 0 spiro atoms. The predicted octanol–water partition coefficient (Wildman–Crippen LogP) is 1.78. The fourth-order valence-corrected chi connectivity index (χ4v) is 2.94. The van der Waals surface area contributed by atoms with Crippen LogP contribution in [0.25, 0.3) is 0 Å². The smallest absolute Gasteiger partial charge is 0.326 e. The minimum atomic E-state index is -0.866. The molecule has 2 rings (SSSR count). The van der Waals surface area contributed by atoms with E-state index in [1.165, 1.54) is 0 Å². The molecule has 2 unspecified atom stereocenters. The highest BCUT2D eigenvalue weighted by molar-refractivity contribution is 5.83. The first-order valence-electron chi connectivity index (χ1n) is 6.91. The number of rotatable bonds is 2. The van der Waals surface area contributed by atoms with E-state index >= 15 is 0 Å². The van der Waals surface area contributed by atoms with E-state index in [1.54, 1.807) is 4.90 Å². The van der Waals surface area contributed by atoms with Gasteiger partial charge in [-0.15, -0.1) is 0 Å². The fourth-order valence-electron chi connectivity index (χ4n) is 2.94. The number of aliphatic carboxylic acids is 1. The Morgan fingerprint density at radius 3 is 2.61 bits per heavy atom. The van der Waals surface area contributed by atoms with Gasteiger partial charge in [0.05, 0.1) is 0 Å². The first-order valence-corrected chi connectivity index (χ1v) is 6.91. The van der Waals surface area contributed by atoms with Gasteiger partial charge in [-0.1, -0.05) is 13.3 Å². The van der Waals surface area contributed by atoms with Crippen LogP contribution in [0.3, 0.4) is 0 Å².